The Bertz CT molecular complexity index is 513. The lowest BCUT2D eigenvalue weighted by atomic mass is 10.2. The fraction of sp³-hybridized carbons (Fsp3) is 0.588. The Morgan fingerprint density at radius 1 is 1.12 bits per heavy atom. The molecule has 0 amide bonds. The first kappa shape index (κ1) is 20.3. The van der Waals surface area contributed by atoms with Gasteiger partial charge < -0.3 is 24.8 Å². The van der Waals surface area contributed by atoms with Crippen molar-refractivity contribution in [1.29, 1.82) is 0 Å². The maximum Gasteiger partial charge on any atom is 0.203 e. The summed E-state index contributed by atoms with van der Waals surface area (Å²) in [5, 5.41) is 7.13. The smallest absolute Gasteiger partial charge is 0.203 e. The van der Waals surface area contributed by atoms with Crippen molar-refractivity contribution >= 4 is 17.7 Å². The molecule has 0 spiro atoms. The van der Waals surface area contributed by atoms with Crippen molar-refractivity contribution in [2.45, 2.75) is 25.6 Å². The van der Waals surface area contributed by atoms with Gasteiger partial charge in [0.2, 0.25) is 5.75 Å². The number of nitrogens with zero attached hydrogens (tertiary/aromatic N) is 1. The van der Waals surface area contributed by atoms with Crippen LogP contribution in [0.25, 0.3) is 0 Å². The van der Waals surface area contributed by atoms with Crippen LogP contribution in [0.3, 0.4) is 0 Å². The molecular weight excluding hydrogens is 326 g/mol. The van der Waals surface area contributed by atoms with E-state index < -0.39 is 0 Å². The van der Waals surface area contributed by atoms with Crippen molar-refractivity contribution in [3.63, 3.8) is 0 Å². The normalized spacial score (nSPS) is 12.5. The molecule has 0 saturated carbocycles. The van der Waals surface area contributed by atoms with E-state index in [9.17, 15) is 0 Å². The molecule has 0 fully saturated rings. The molecule has 0 aliphatic carbocycles. The van der Waals surface area contributed by atoms with Crippen LogP contribution in [0.2, 0.25) is 0 Å². The number of nitrogens with one attached hydrogen (secondary N) is 2. The van der Waals surface area contributed by atoms with Crippen LogP contribution in [0.15, 0.2) is 17.1 Å². The van der Waals surface area contributed by atoms with Crippen molar-refractivity contribution in [2.24, 2.45) is 4.99 Å². The number of rotatable bonds is 9. The zero-order valence-electron chi connectivity index (χ0n) is 15.4. The third-order valence-electron chi connectivity index (χ3n) is 3.45. The fourth-order valence-corrected chi connectivity index (χ4v) is 2.31. The molecule has 0 aromatic heterocycles. The monoisotopic (exact) mass is 355 g/mol. The second-order valence-electron chi connectivity index (χ2n) is 5.16. The number of ether oxygens (including phenoxy) is 3. The van der Waals surface area contributed by atoms with Crippen LogP contribution in [0.4, 0.5) is 0 Å². The van der Waals surface area contributed by atoms with E-state index in [2.05, 4.69) is 35.7 Å². The molecule has 1 aromatic carbocycles. The largest absolute Gasteiger partial charge is 0.493 e. The van der Waals surface area contributed by atoms with Gasteiger partial charge in [-0.05, 0) is 30.9 Å². The zero-order chi connectivity index (χ0) is 17.9. The highest BCUT2D eigenvalue weighted by Crippen LogP contribution is 2.38. The Morgan fingerprint density at radius 2 is 1.75 bits per heavy atom. The quantitative estimate of drug-likeness (QED) is 0.524. The number of guanidine groups is 1. The minimum atomic E-state index is 0.514. The predicted molar refractivity (Wildman–Crippen MR) is 102 cm³/mol. The van der Waals surface area contributed by atoms with Gasteiger partial charge in [0, 0.05) is 18.3 Å². The Hall–Kier alpha value is -1.76. The molecule has 1 rings (SSSR count). The molecule has 6 nitrogen and oxygen atoms in total. The molecule has 0 aliphatic rings. The predicted octanol–water partition coefficient (Wildman–Crippen LogP) is 2.52. The summed E-state index contributed by atoms with van der Waals surface area (Å²) in [5.41, 5.74) is 0.986. The highest BCUT2D eigenvalue weighted by molar-refractivity contribution is 7.99. The maximum atomic E-state index is 5.38. The van der Waals surface area contributed by atoms with Gasteiger partial charge in [-0.15, -0.1) is 0 Å². The number of thioether (sulfide) groups is 1. The lowest BCUT2D eigenvalue weighted by Crippen LogP contribution is -2.40. The first-order valence-corrected chi connectivity index (χ1v) is 9.22. The number of methoxy groups -OCH3 is 3. The molecule has 0 bridgehead atoms. The standard InChI is InChI=1S/C17H29N3O3S/c1-7-18-17(19-10-12(2)24-6)20-11-13-8-14(21-3)16(23-5)15(9-13)22-4/h8-9,12H,7,10-11H2,1-6H3,(H2,18,19,20). The lowest BCUT2D eigenvalue weighted by molar-refractivity contribution is 0.324. The average molecular weight is 356 g/mol. The molecule has 1 unspecified atom stereocenters. The molecular formula is C17H29N3O3S. The summed E-state index contributed by atoms with van der Waals surface area (Å²) >= 11 is 1.82. The van der Waals surface area contributed by atoms with E-state index in [-0.39, 0.29) is 0 Å². The first-order valence-electron chi connectivity index (χ1n) is 7.93. The maximum absolute atomic E-state index is 5.38. The number of aliphatic imine (C=N–C) groups is 1. The van der Waals surface area contributed by atoms with Crippen LogP contribution >= 0.6 is 11.8 Å². The van der Waals surface area contributed by atoms with Crippen molar-refractivity contribution in [1.82, 2.24) is 10.6 Å². The molecule has 0 radical (unpaired) electrons. The average Bonchev–Trinajstić information content (AvgIpc) is 2.62. The molecule has 1 aromatic rings. The van der Waals surface area contributed by atoms with Crippen molar-refractivity contribution < 1.29 is 14.2 Å². The molecule has 1 atom stereocenters. The number of hydrogen-bond acceptors (Lipinski definition) is 5. The van der Waals surface area contributed by atoms with E-state index in [4.69, 9.17) is 14.2 Å². The zero-order valence-corrected chi connectivity index (χ0v) is 16.3. The number of hydrogen-bond donors (Lipinski definition) is 2. The van der Waals surface area contributed by atoms with Crippen LogP contribution in [-0.4, -0.2) is 51.9 Å². The van der Waals surface area contributed by atoms with Crippen LogP contribution in [-0.2, 0) is 6.54 Å². The fourth-order valence-electron chi connectivity index (χ4n) is 2.06. The van der Waals surface area contributed by atoms with Crippen molar-refractivity contribution in [2.75, 3.05) is 40.7 Å². The topological polar surface area (TPSA) is 64.1 Å². The van der Waals surface area contributed by atoms with Gasteiger partial charge in [-0.2, -0.15) is 11.8 Å². The van der Waals surface area contributed by atoms with Crippen LogP contribution in [0.5, 0.6) is 17.2 Å². The molecule has 0 heterocycles. The molecule has 0 aliphatic heterocycles. The highest BCUT2D eigenvalue weighted by atomic mass is 32.2. The van der Waals surface area contributed by atoms with Gasteiger partial charge in [-0.1, -0.05) is 6.92 Å². The van der Waals surface area contributed by atoms with E-state index in [0.29, 0.717) is 29.0 Å². The summed E-state index contributed by atoms with van der Waals surface area (Å²) in [6.07, 6.45) is 2.10. The highest BCUT2D eigenvalue weighted by Gasteiger charge is 2.13. The molecule has 2 N–H and O–H groups in total. The van der Waals surface area contributed by atoms with Gasteiger partial charge in [0.25, 0.3) is 0 Å². The second-order valence-corrected chi connectivity index (χ2v) is 6.43. The Kier molecular flexibility index (Phi) is 9.22. The van der Waals surface area contributed by atoms with E-state index in [1.807, 2.05) is 23.9 Å². The third kappa shape index (κ3) is 6.03. The SMILES string of the molecule is CCNC(=NCc1cc(OC)c(OC)c(OC)c1)NCC(C)SC. The summed E-state index contributed by atoms with van der Waals surface area (Å²) in [4.78, 5) is 4.63. The van der Waals surface area contributed by atoms with Gasteiger partial charge in [-0.25, -0.2) is 4.99 Å². The summed E-state index contributed by atoms with van der Waals surface area (Å²) in [6, 6.07) is 3.83. The Balaban J connectivity index is 2.91. The minimum absolute atomic E-state index is 0.514. The molecule has 7 heteroatoms. The van der Waals surface area contributed by atoms with Gasteiger partial charge in [0.1, 0.15) is 0 Å². The van der Waals surface area contributed by atoms with Gasteiger partial charge >= 0.3 is 0 Å². The van der Waals surface area contributed by atoms with Crippen LogP contribution < -0.4 is 24.8 Å². The molecule has 136 valence electrons. The molecule has 0 saturated heterocycles. The first-order chi connectivity index (χ1) is 11.6. The summed E-state index contributed by atoms with van der Waals surface area (Å²) in [5.74, 6) is 2.66. The van der Waals surface area contributed by atoms with E-state index >= 15 is 0 Å². The van der Waals surface area contributed by atoms with Crippen LogP contribution in [0, 0.1) is 0 Å². The lowest BCUT2D eigenvalue weighted by Gasteiger charge is -2.15. The Morgan fingerprint density at radius 3 is 2.21 bits per heavy atom. The minimum Gasteiger partial charge on any atom is -0.493 e. The Labute approximate surface area is 149 Å². The third-order valence-corrected chi connectivity index (χ3v) is 4.42. The van der Waals surface area contributed by atoms with Gasteiger partial charge in [0.05, 0.1) is 27.9 Å². The van der Waals surface area contributed by atoms with E-state index in [1.165, 1.54) is 0 Å². The second kappa shape index (κ2) is 10.9. The van der Waals surface area contributed by atoms with Crippen LogP contribution in [0.1, 0.15) is 19.4 Å². The summed E-state index contributed by atoms with van der Waals surface area (Å²) < 4.78 is 16.1. The van der Waals surface area contributed by atoms with Gasteiger partial charge in [-0.3, -0.25) is 0 Å². The summed E-state index contributed by atoms with van der Waals surface area (Å²) in [7, 11) is 4.82. The van der Waals surface area contributed by atoms with Gasteiger partial charge in [0.15, 0.2) is 17.5 Å². The van der Waals surface area contributed by atoms with E-state index in [0.717, 1.165) is 24.6 Å². The van der Waals surface area contributed by atoms with Crippen molar-refractivity contribution in [3.05, 3.63) is 17.7 Å². The summed E-state index contributed by atoms with van der Waals surface area (Å²) in [6.45, 7) is 6.42. The molecule has 24 heavy (non-hydrogen) atoms. The van der Waals surface area contributed by atoms with Crippen molar-refractivity contribution in [3.8, 4) is 17.2 Å². The number of benzene rings is 1. The van der Waals surface area contributed by atoms with E-state index in [1.54, 1.807) is 21.3 Å².